The minimum absolute atomic E-state index is 0.0394. The highest BCUT2D eigenvalue weighted by atomic mass is 35.5. The van der Waals surface area contributed by atoms with E-state index < -0.39 is 11.4 Å². The molecule has 4 rings (SSSR count). The van der Waals surface area contributed by atoms with Gasteiger partial charge in [-0.1, -0.05) is 18.2 Å². The predicted octanol–water partition coefficient (Wildman–Crippen LogP) is 4.28. The first-order valence-electron chi connectivity index (χ1n) is 13.5. The normalized spacial score (nSPS) is 15.3. The van der Waals surface area contributed by atoms with Crippen LogP contribution in [0.5, 0.6) is 5.75 Å². The van der Waals surface area contributed by atoms with E-state index in [1.807, 2.05) is 20.2 Å². The number of nitrogens with zero attached hydrogens (tertiary/aromatic N) is 5. The summed E-state index contributed by atoms with van der Waals surface area (Å²) >= 11 is 6.01. The highest BCUT2D eigenvalue weighted by molar-refractivity contribution is 6.31. The summed E-state index contributed by atoms with van der Waals surface area (Å²) in [4.78, 5) is 29.5. The Balaban J connectivity index is 1.69. The third kappa shape index (κ3) is 7.87. The van der Waals surface area contributed by atoms with Crippen LogP contribution in [-0.2, 0) is 15.1 Å². The molecule has 1 saturated heterocycles. The smallest absolute Gasteiger partial charge is 0.247 e. The number of amides is 1. The first-order valence-corrected chi connectivity index (χ1v) is 13.9. The Morgan fingerprint density at radius 3 is 2.56 bits per heavy atom. The van der Waals surface area contributed by atoms with Gasteiger partial charge in [-0.2, -0.15) is 4.98 Å². The second-order valence-electron chi connectivity index (χ2n) is 10.7. The maximum atomic E-state index is 14.2. The monoisotopic (exact) mass is 614 g/mol. The molecule has 2 heterocycles. The minimum atomic E-state index is -1.38. The zero-order chi connectivity index (χ0) is 31.3. The van der Waals surface area contributed by atoms with Crippen molar-refractivity contribution in [1.29, 1.82) is 0 Å². The van der Waals surface area contributed by atoms with E-state index in [1.165, 1.54) is 32.3 Å². The molecule has 0 radical (unpaired) electrons. The van der Waals surface area contributed by atoms with E-state index in [2.05, 4.69) is 47.3 Å². The second kappa shape index (κ2) is 13.5. The Morgan fingerprint density at radius 1 is 1.23 bits per heavy atom. The van der Waals surface area contributed by atoms with Crippen LogP contribution in [0, 0.1) is 5.82 Å². The van der Waals surface area contributed by atoms with Crippen molar-refractivity contribution in [3.8, 4) is 5.75 Å². The molecular weight excluding hydrogens is 579 g/mol. The maximum absolute atomic E-state index is 14.2. The number of morpholine rings is 1. The number of halogens is 2. The number of methoxy groups -OCH3 is 1. The molecule has 0 bridgehead atoms. The average Bonchev–Trinajstić information content (AvgIpc) is 2.94. The molecule has 1 amide bonds. The lowest BCUT2D eigenvalue weighted by Crippen LogP contribution is -2.50. The molecule has 1 atom stereocenters. The van der Waals surface area contributed by atoms with Crippen molar-refractivity contribution < 1.29 is 23.8 Å². The van der Waals surface area contributed by atoms with Crippen LogP contribution in [0.15, 0.2) is 43.2 Å². The molecule has 1 fully saturated rings. The van der Waals surface area contributed by atoms with Crippen molar-refractivity contribution in [2.45, 2.75) is 25.5 Å². The van der Waals surface area contributed by atoms with Crippen molar-refractivity contribution >= 4 is 52.2 Å². The highest BCUT2D eigenvalue weighted by Crippen LogP contribution is 2.40. The molecule has 0 unspecified atom stereocenters. The van der Waals surface area contributed by atoms with Crippen molar-refractivity contribution in [2.24, 2.45) is 0 Å². The number of ether oxygens (including phenoxy) is 2. The largest absolute Gasteiger partial charge is 0.494 e. The Hall–Kier alpha value is -4.04. The van der Waals surface area contributed by atoms with Crippen LogP contribution < -0.4 is 25.6 Å². The summed E-state index contributed by atoms with van der Waals surface area (Å²) in [5.74, 6) is -0.295. The molecule has 0 spiro atoms. The lowest BCUT2D eigenvalue weighted by Gasteiger charge is -2.39. The molecule has 0 saturated carbocycles. The third-order valence-electron chi connectivity index (χ3n) is 6.66. The van der Waals surface area contributed by atoms with Gasteiger partial charge in [-0.05, 0) is 52.2 Å². The number of carbonyl (C=O) groups is 1. The first-order chi connectivity index (χ1) is 20.4. The number of hydrogen-bond donors (Lipinski definition) is 4. The van der Waals surface area contributed by atoms with Gasteiger partial charge in [0, 0.05) is 30.4 Å². The number of rotatable bonds is 11. The topological polar surface area (TPSA) is 137 Å². The Bertz CT molecular complexity index is 1480. The van der Waals surface area contributed by atoms with Gasteiger partial charge < -0.3 is 40.3 Å². The summed E-state index contributed by atoms with van der Waals surface area (Å²) in [7, 11) is 5.53. The molecule has 1 aliphatic heterocycles. The summed E-state index contributed by atoms with van der Waals surface area (Å²) in [6.45, 7) is 9.07. The SMILES string of the molecule is C=CC(=O)Nc1cc(Nc2ncnc(Nc3cc(Cl)c(F)cc3C(C)(C)O)n2)c(OC)cc1N1CCOC[C@@H]1CN(C)C. The zero-order valence-electron chi connectivity index (χ0n) is 24.7. The van der Waals surface area contributed by atoms with Crippen LogP contribution in [0.25, 0.3) is 0 Å². The van der Waals surface area contributed by atoms with Gasteiger partial charge in [-0.3, -0.25) is 4.79 Å². The second-order valence-corrected chi connectivity index (χ2v) is 11.1. The summed E-state index contributed by atoms with van der Waals surface area (Å²) in [6, 6.07) is 6.13. The lowest BCUT2D eigenvalue weighted by molar-refractivity contribution is -0.111. The molecule has 0 aliphatic carbocycles. The number of likely N-dealkylation sites (N-methyl/N-ethyl adjacent to an activating group) is 1. The quantitative estimate of drug-likeness (QED) is 0.230. The van der Waals surface area contributed by atoms with Crippen LogP contribution in [-0.4, -0.2) is 84.4 Å². The molecule has 3 aromatic rings. The molecular formula is C29H36ClFN8O4. The Morgan fingerprint density at radius 2 is 1.93 bits per heavy atom. The van der Waals surface area contributed by atoms with Crippen molar-refractivity contribution in [3.63, 3.8) is 0 Å². The lowest BCUT2D eigenvalue weighted by atomic mass is 9.96. The number of carbonyl (C=O) groups excluding carboxylic acids is 1. The van der Waals surface area contributed by atoms with Gasteiger partial charge in [0.1, 0.15) is 17.9 Å². The van der Waals surface area contributed by atoms with Crippen LogP contribution in [0.3, 0.4) is 0 Å². The average molecular weight is 615 g/mol. The van der Waals surface area contributed by atoms with E-state index >= 15 is 0 Å². The minimum Gasteiger partial charge on any atom is -0.494 e. The van der Waals surface area contributed by atoms with Crippen LogP contribution >= 0.6 is 11.6 Å². The van der Waals surface area contributed by atoms with Crippen molar-refractivity contribution in [1.82, 2.24) is 19.9 Å². The van der Waals surface area contributed by atoms with Gasteiger partial charge in [0.25, 0.3) is 0 Å². The van der Waals surface area contributed by atoms with Gasteiger partial charge in [-0.25, -0.2) is 14.4 Å². The molecule has 2 aromatic carbocycles. The number of anilines is 6. The number of aliphatic hydroxyl groups is 1. The summed E-state index contributed by atoms with van der Waals surface area (Å²) in [5.41, 5.74) is 0.974. The fourth-order valence-electron chi connectivity index (χ4n) is 4.72. The number of aromatic nitrogens is 3. The van der Waals surface area contributed by atoms with E-state index in [-0.39, 0.29) is 34.4 Å². The maximum Gasteiger partial charge on any atom is 0.247 e. The van der Waals surface area contributed by atoms with Gasteiger partial charge in [0.2, 0.25) is 17.8 Å². The summed E-state index contributed by atoms with van der Waals surface area (Å²) in [5, 5.41) is 19.5. The Kier molecular flexibility index (Phi) is 10.0. The molecule has 14 heteroatoms. The van der Waals surface area contributed by atoms with Gasteiger partial charge >= 0.3 is 0 Å². The van der Waals surface area contributed by atoms with Gasteiger partial charge in [0.05, 0.1) is 54.1 Å². The third-order valence-corrected chi connectivity index (χ3v) is 6.95. The number of hydrogen-bond acceptors (Lipinski definition) is 11. The van der Waals surface area contributed by atoms with Crippen LogP contribution in [0.4, 0.5) is 39.0 Å². The molecule has 43 heavy (non-hydrogen) atoms. The van der Waals surface area contributed by atoms with Gasteiger partial charge in [0.15, 0.2) is 0 Å². The van der Waals surface area contributed by atoms with E-state index in [1.54, 1.807) is 13.2 Å². The molecule has 1 aromatic heterocycles. The highest BCUT2D eigenvalue weighted by Gasteiger charge is 2.28. The van der Waals surface area contributed by atoms with E-state index in [0.29, 0.717) is 42.6 Å². The van der Waals surface area contributed by atoms with Crippen molar-refractivity contribution in [2.75, 3.05) is 68.4 Å². The van der Waals surface area contributed by atoms with E-state index in [0.717, 1.165) is 18.3 Å². The molecule has 1 aliphatic rings. The molecule has 12 nitrogen and oxygen atoms in total. The molecule has 230 valence electrons. The summed E-state index contributed by atoms with van der Waals surface area (Å²) < 4.78 is 25.7. The fraction of sp³-hybridized carbons (Fsp3) is 0.379. The predicted molar refractivity (Wildman–Crippen MR) is 165 cm³/mol. The molecule has 4 N–H and O–H groups in total. The Labute approximate surface area is 254 Å². The van der Waals surface area contributed by atoms with E-state index in [9.17, 15) is 14.3 Å². The van der Waals surface area contributed by atoms with Crippen LogP contribution in [0.2, 0.25) is 5.02 Å². The zero-order valence-corrected chi connectivity index (χ0v) is 25.5. The van der Waals surface area contributed by atoms with Crippen molar-refractivity contribution in [3.05, 3.63) is 59.7 Å². The van der Waals surface area contributed by atoms with E-state index in [4.69, 9.17) is 21.1 Å². The summed E-state index contributed by atoms with van der Waals surface area (Å²) in [6.07, 6.45) is 2.48. The fourth-order valence-corrected chi connectivity index (χ4v) is 4.88. The standard InChI is InChI=1S/C29H36ClFN8O4/c1-7-26(40)34-22-12-23(25(42-6)13-24(22)39-8-9-43-15-17(39)14-38(4)5)36-28-33-16-32-27(37-28)35-21-11-19(30)20(31)10-18(21)29(2,3)41/h7,10-13,16-17,41H,1,8-9,14-15H2,2-6H3,(H,34,40)(H2,32,33,35,36,37)/t17-/m0/s1. The van der Waals surface area contributed by atoms with Gasteiger partial charge in [-0.15, -0.1) is 0 Å². The van der Waals surface area contributed by atoms with Crippen LogP contribution in [0.1, 0.15) is 19.4 Å². The first kappa shape index (κ1) is 31.9. The number of benzene rings is 2. The number of nitrogens with one attached hydrogen (secondary N) is 3.